The number of likely N-dealkylation sites (tertiary alicyclic amines) is 1. The maximum absolute atomic E-state index is 13.2. The molecule has 2 N–H and O–H groups in total. The first kappa shape index (κ1) is 17.2. The third-order valence-electron chi connectivity index (χ3n) is 5.32. The minimum Gasteiger partial charge on any atom is -0.368 e. The van der Waals surface area contributed by atoms with E-state index in [2.05, 4.69) is 10.1 Å². The summed E-state index contributed by atoms with van der Waals surface area (Å²) in [5.41, 5.74) is 6.10. The number of primary amides is 1. The van der Waals surface area contributed by atoms with Crippen molar-refractivity contribution in [3.63, 3.8) is 0 Å². The molecule has 1 atom stereocenters. The summed E-state index contributed by atoms with van der Waals surface area (Å²) in [6, 6.07) is 7.42. The molecule has 0 bridgehead atoms. The van der Waals surface area contributed by atoms with E-state index in [1.807, 2.05) is 24.3 Å². The molecule has 2 aromatic rings. The third kappa shape index (κ3) is 2.84. The van der Waals surface area contributed by atoms with Crippen LogP contribution in [0.15, 0.2) is 36.9 Å². The highest BCUT2D eigenvalue weighted by Gasteiger charge is 2.55. The number of benzene rings is 1. The largest absolute Gasteiger partial charge is 0.368 e. The van der Waals surface area contributed by atoms with Gasteiger partial charge in [0.25, 0.3) is 0 Å². The van der Waals surface area contributed by atoms with Gasteiger partial charge in [0, 0.05) is 25.2 Å². The lowest BCUT2D eigenvalue weighted by atomic mass is 9.81. The van der Waals surface area contributed by atoms with E-state index in [0.29, 0.717) is 38.2 Å². The summed E-state index contributed by atoms with van der Waals surface area (Å²) in [5.74, 6) is -0.746. The van der Waals surface area contributed by atoms with Crippen molar-refractivity contribution in [2.75, 3.05) is 24.5 Å². The molecule has 9 heteroatoms. The molecule has 2 aliphatic rings. The Morgan fingerprint density at radius 3 is 2.81 bits per heavy atom. The van der Waals surface area contributed by atoms with E-state index in [0.717, 1.165) is 5.56 Å². The van der Waals surface area contributed by atoms with E-state index in [-0.39, 0.29) is 18.4 Å². The predicted octanol–water partition coefficient (Wildman–Crippen LogP) is -0.330. The summed E-state index contributed by atoms with van der Waals surface area (Å²) in [6.07, 6.45) is 3.82. The highest BCUT2D eigenvalue weighted by molar-refractivity contribution is 6.11. The molecular weight excluding hydrogens is 348 g/mol. The van der Waals surface area contributed by atoms with Gasteiger partial charge in [-0.25, -0.2) is 4.98 Å². The fourth-order valence-electron chi connectivity index (χ4n) is 4.04. The van der Waals surface area contributed by atoms with Gasteiger partial charge >= 0.3 is 0 Å². The number of carbonyl (C=O) groups is 3. The zero-order valence-electron chi connectivity index (χ0n) is 14.7. The lowest BCUT2D eigenvalue weighted by Crippen LogP contribution is -2.45. The number of anilines is 1. The standard InChI is InChI=1S/C18H20N6O3/c19-15(25)9-24-14-4-2-1-3-13(14)18(17(24)27)6-8-22(10-18)16(26)5-7-23-12-20-11-21-23/h1-4,11-12H,5-10H2,(H2,19,25). The smallest absolute Gasteiger partial charge is 0.240 e. The molecule has 9 nitrogen and oxygen atoms in total. The van der Waals surface area contributed by atoms with Crippen LogP contribution in [0.4, 0.5) is 5.69 Å². The molecule has 1 aromatic carbocycles. The Morgan fingerprint density at radius 2 is 2.07 bits per heavy atom. The topological polar surface area (TPSA) is 114 Å². The van der Waals surface area contributed by atoms with E-state index < -0.39 is 11.3 Å². The Morgan fingerprint density at radius 1 is 1.26 bits per heavy atom. The monoisotopic (exact) mass is 368 g/mol. The number of hydrogen-bond acceptors (Lipinski definition) is 5. The van der Waals surface area contributed by atoms with Gasteiger partial charge in [-0.05, 0) is 18.1 Å². The highest BCUT2D eigenvalue weighted by atomic mass is 16.2. The van der Waals surface area contributed by atoms with Crippen LogP contribution < -0.4 is 10.6 Å². The highest BCUT2D eigenvalue weighted by Crippen LogP contribution is 2.47. The van der Waals surface area contributed by atoms with Gasteiger partial charge in [0.2, 0.25) is 17.7 Å². The first-order chi connectivity index (χ1) is 13.0. The van der Waals surface area contributed by atoms with Gasteiger partial charge in [-0.15, -0.1) is 0 Å². The van der Waals surface area contributed by atoms with Crippen LogP contribution in [0.5, 0.6) is 0 Å². The zero-order valence-corrected chi connectivity index (χ0v) is 14.7. The maximum atomic E-state index is 13.2. The molecule has 27 heavy (non-hydrogen) atoms. The molecule has 3 heterocycles. The number of fused-ring (bicyclic) bond motifs is 2. The zero-order chi connectivity index (χ0) is 19.0. The molecule has 140 valence electrons. The molecule has 1 saturated heterocycles. The van der Waals surface area contributed by atoms with Crippen molar-refractivity contribution in [1.82, 2.24) is 19.7 Å². The predicted molar refractivity (Wildman–Crippen MR) is 95.5 cm³/mol. The van der Waals surface area contributed by atoms with Gasteiger partial charge in [-0.3, -0.25) is 19.1 Å². The molecule has 3 amide bonds. The molecule has 1 spiro atoms. The van der Waals surface area contributed by atoms with Gasteiger partial charge in [0.05, 0.1) is 12.0 Å². The van der Waals surface area contributed by atoms with Crippen molar-refractivity contribution in [1.29, 1.82) is 0 Å². The van der Waals surface area contributed by atoms with Crippen molar-refractivity contribution >= 4 is 23.4 Å². The van der Waals surface area contributed by atoms with E-state index in [1.54, 1.807) is 15.9 Å². The van der Waals surface area contributed by atoms with Crippen LogP contribution in [0.2, 0.25) is 0 Å². The molecule has 2 aliphatic heterocycles. The number of nitrogens with two attached hydrogens (primary N) is 1. The molecule has 1 unspecified atom stereocenters. The Kier molecular flexibility index (Phi) is 4.14. The number of para-hydroxylation sites is 1. The molecule has 0 aliphatic carbocycles. The Balaban J connectivity index is 1.54. The number of aryl methyl sites for hydroxylation is 1. The Bertz CT molecular complexity index is 896. The van der Waals surface area contributed by atoms with Crippen molar-refractivity contribution in [3.8, 4) is 0 Å². The number of amides is 3. The first-order valence-electron chi connectivity index (χ1n) is 8.81. The summed E-state index contributed by atoms with van der Waals surface area (Å²) >= 11 is 0. The first-order valence-corrected chi connectivity index (χ1v) is 8.81. The van der Waals surface area contributed by atoms with Gasteiger partial charge in [-0.2, -0.15) is 5.10 Å². The normalized spacial score (nSPS) is 21.1. The lowest BCUT2D eigenvalue weighted by Gasteiger charge is -2.24. The van der Waals surface area contributed by atoms with Crippen molar-refractivity contribution < 1.29 is 14.4 Å². The van der Waals surface area contributed by atoms with Gasteiger partial charge in [0.1, 0.15) is 19.2 Å². The Hall–Kier alpha value is -3.23. The van der Waals surface area contributed by atoms with Crippen LogP contribution in [0, 0.1) is 0 Å². The van der Waals surface area contributed by atoms with Crippen LogP contribution in [-0.2, 0) is 26.3 Å². The van der Waals surface area contributed by atoms with E-state index in [9.17, 15) is 14.4 Å². The number of hydrogen-bond donors (Lipinski definition) is 1. The van der Waals surface area contributed by atoms with E-state index >= 15 is 0 Å². The molecule has 4 rings (SSSR count). The minimum atomic E-state index is -0.797. The van der Waals surface area contributed by atoms with Crippen molar-refractivity contribution in [2.45, 2.75) is 24.8 Å². The average molecular weight is 368 g/mol. The fourth-order valence-corrected chi connectivity index (χ4v) is 4.04. The summed E-state index contributed by atoms with van der Waals surface area (Å²) in [5, 5.41) is 4.00. The van der Waals surface area contributed by atoms with Crippen molar-refractivity contribution in [2.24, 2.45) is 5.73 Å². The van der Waals surface area contributed by atoms with Crippen LogP contribution >= 0.6 is 0 Å². The third-order valence-corrected chi connectivity index (χ3v) is 5.32. The summed E-state index contributed by atoms with van der Waals surface area (Å²) in [6.45, 7) is 1.10. The number of carbonyl (C=O) groups excluding carboxylic acids is 3. The maximum Gasteiger partial charge on any atom is 0.240 e. The van der Waals surface area contributed by atoms with Gasteiger partial charge < -0.3 is 15.5 Å². The number of aromatic nitrogens is 3. The fraction of sp³-hybridized carbons (Fsp3) is 0.389. The second-order valence-corrected chi connectivity index (χ2v) is 6.93. The number of rotatable bonds is 5. The van der Waals surface area contributed by atoms with Crippen LogP contribution in [0.3, 0.4) is 0 Å². The van der Waals surface area contributed by atoms with Crippen LogP contribution in [0.25, 0.3) is 0 Å². The lowest BCUT2D eigenvalue weighted by molar-refractivity contribution is -0.131. The Labute approximate surface area is 155 Å². The molecular formula is C18H20N6O3. The van der Waals surface area contributed by atoms with E-state index in [1.165, 1.54) is 11.2 Å². The van der Waals surface area contributed by atoms with Crippen LogP contribution in [-0.4, -0.2) is 57.0 Å². The molecule has 0 radical (unpaired) electrons. The quantitative estimate of drug-likeness (QED) is 0.776. The van der Waals surface area contributed by atoms with Gasteiger partial charge in [-0.1, -0.05) is 18.2 Å². The molecule has 1 aromatic heterocycles. The molecule has 0 saturated carbocycles. The van der Waals surface area contributed by atoms with Crippen LogP contribution in [0.1, 0.15) is 18.4 Å². The summed E-state index contributed by atoms with van der Waals surface area (Å²) in [7, 11) is 0. The SMILES string of the molecule is NC(=O)CN1C(=O)C2(CCN(C(=O)CCn3cncn3)C2)c2ccccc21. The summed E-state index contributed by atoms with van der Waals surface area (Å²) in [4.78, 5) is 44.3. The van der Waals surface area contributed by atoms with Crippen molar-refractivity contribution in [3.05, 3.63) is 42.5 Å². The second-order valence-electron chi connectivity index (χ2n) is 6.93. The second kappa shape index (κ2) is 6.49. The summed E-state index contributed by atoms with van der Waals surface area (Å²) < 4.78 is 1.61. The minimum absolute atomic E-state index is 0.0268. The van der Waals surface area contributed by atoms with E-state index in [4.69, 9.17) is 5.73 Å². The number of nitrogens with zero attached hydrogens (tertiary/aromatic N) is 5. The molecule has 1 fully saturated rings. The van der Waals surface area contributed by atoms with Gasteiger partial charge in [0.15, 0.2) is 0 Å². The average Bonchev–Trinajstić information content (AvgIpc) is 3.37.